The van der Waals surface area contributed by atoms with Gasteiger partial charge in [0.2, 0.25) is 0 Å². The van der Waals surface area contributed by atoms with Gasteiger partial charge in [-0.1, -0.05) is 11.6 Å². The first-order valence-corrected chi connectivity index (χ1v) is 5.47. The molecule has 1 N–H and O–H groups in total. The highest BCUT2D eigenvalue weighted by Gasteiger charge is 2.19. The summed E-state index contributed by atoms with van der Waals surface area (Å²) < 4.78 is 0. The van der Waals surface area contributed by atoms with Crippen molar-refractivity contribution in [3.63, 3.8) is 0 Å². The van der Waals surface area contributed by atoms with E-state index < -0.39 is 0 Å². The molecule has 15 heavy (non-hydrogen) atoms. The number of β-amino-alcohol motifs (C(OH)–C–C–N with tert-alkyl or cyclic N) is 1. The first-order valence-electron chi connectivity index (χ1n) is 5.09. The number of aliphatic hydroxyl groups is 1. The predicted octanol–water partition coefficient (Wildman–Crippen LogP) is 1.40. The summed E-state index contributed by atoms with van der Waals surface area (Å²) in [5.41, 5.74) is 0. The molecule has 1 unspecified atom stereocenters. The fourth-order valence-corrected chi connectivity index (χ4v) is 2.06. The summed E-state index contributed by atoms with van der Waals surface area (Å²) >= 11 is 5.87. The largest absolute Gasteiger partial charge is 0.391 e. The van der Waals surface area contributed by atoms with Gasteiger partial charge in [-0.25, -0.2) is 9.97 Å². The van der Waals surface area contributed by atoms with Gasteiger partial charge in [-0.2, -0.15) is 0 Å². The highest BCUT2D eigenvalue weighted by molar-refractivity contribution is 6.29. The normalized spacial score (nSPS) is 21.8. The zero-order chi connectivity index (χ0) is 10.8. The lowest BCUT2D eigenvalue weighted by atomic mass is 10.1. The molecule has 2 rings (SSSR count). The summed E-state index contributed by atoms with van der Waals surface area (Å²) in [7, 11) is 0. The second-order valence-electron chi connectivity index (χ2n) is 3.84. The van der Waals surface area contributed by atoms with Crippen LogP contribution in [-0.4, -0.2) is 34.3 Å². The quantitative estimate of drug-likeness (QED) is 0.737. The third kappa shape index (κ3) is 2.58. The van der Waals surface area contributed by atoms with Crippen LogP contribution in [0.5, 0.6) is 0 Å². The van der Waals surface area contributed by atoms with E-state index in [2.05, 4.69) is 14.9 Å². The lowest BCUT2D eigenvalue weighted by Gasteiger charge is -2.31. The van der Waals surface area contributed by atoms with E-state index >= 15 is 0 Å². The summed E-state index contributed by atoms with van der Waals surface area (Å²) in [5, 5.41) is 10.0. The molecule has 2 heterocycles. The number of anilines is 1. The molecule has 1 aromatic rings. The highest BCUT2D eigenvalue weighted by atomic mass is 35.5. The Kier molecular flexibility index (Phi) is 3.07. The van der Waals surface area contributed by atoms with Gasteiger partial charge in [0.05, 0.1) is 6.10 Å². The van der Waals surface area contributed by atoms with E-state index in [4.69, 9.17) is 11.6 Å². The minimum Gasteiger partial charge on any atom is -0.391 e. The fourth-order valence-electron chi connectivity index (χ4n) is 1.84. The van der Waals surface area contributed by atoms with Crippen molar-refractivity contribution in [2.24, 2.45) is 0 Å². The smallest absolute Gasteiger partial charge is 0.134 e. The molecule has 0 amide bonds. The average Bonchev–Trinajstić information content (AvgIpc) is 2.16. The molecule has 0 saturated carbocycles. The topological polar surface area (TPSA) is 49.2 Å². The van der Waals surface area contributed by atoms with Crippen LogP contribution in [-0.2, 0) is 0 Å². The van der Waals surface area contributed by atoms with Crippen molar-refractivity contribution in [2.45, 2.75) is 25.9 Å². The molecule has 0 radical (unpaired) electrons. The molecule has 1 fully saturated rings. The Morgan fingerprint density at radius 1 is 1.53 bits per heavy atom. The van der Waals surface area contributed by atoms with Crippen molar-refractivity contribution in [2.75, 3.05) is 18.0 Å². The van der Waals surface area contributed by atoms with Crippen molar-refractivity contribution >= 4 is 17.4 Å². The van der Waals surface area contributed by atoms with Crippen LogP contribution in [0.1, 0.15) is 18.7 Å². The number of rotatable bonds is 1. The van der Waals surface area contributed by atoms with Crippen molar-refractivity contribution in [3.8, 4) is 0 Å². The Balaban J connectivity index is 2.20. The summed E-state index contributed by atoms with van der Waals surface area (Å²) in [6.45, 7) is 3.37. The molecule has 0 spiro atoms. The number of hydrogen-bond donors (Lipinski definition) is 1. The molecule has 0 aliphatic carbocycles. The highest BCUT2D eigenvalue weighted by Crippen LogP contribution is 2.20. The molecule has 1 atom stereocenters. The van der Waals surface area contributed by atoms with Crippen LogP contribution in [0.2, 0.25) is 5.15 Å². The molecule has 0 bridgehead atoms. The molecular formula is C10H14ClN3O. The first kappa shape index (κ1) is 10.6. The van der Waals surface area contributed by atoms with Crippen LogP contribution in [0.25, 0.3) is 0 Å². The fraction of sp³-hybridized carbons (Fsp3) is 0.600. The van der Waals surface area contributed by atoms with Gasteiger partial charge in [0.25, 0.3) is 0 Å². The van der Waals surface area contributed by atoms with Gasteiger partial charge < -0.3 is 10.0 Å². The average molecular weight is 228 g/mol. The second kappa shape index (κ2) is 4.33. The Morgan fingerprint density at radius 2 is 2.33 bits per heavy atom. The van der Waals surface area contributed by atoms with E-state index in [-0.39, 0.29) is 6.10 Å². The van der Waals surface area contributed by atoms with Gasteiger partial charge in [0.1, 0.15) is 16.8 Å². The van der Waals surface area contributed by atoms with Crippen molar-refractivity contribution < 1.29 is 5.11 Å². The first-order chi connectivity index (χ1) is 7.15. The molecule has 1 aromatic heterocycles. The number of aliphatic hydroxyl groups excluding tert-OH is 1. The van der Waals surface area contributed by atoms with Crippen molar-refractivity contribution in [1.82, 2.24) is 9.97 Å². The molecule has 4 nitrogen and oxygen atoms in total. The molecular weight excluding hydrogens is 214 g/mol. The third-order valence-electron chi connectivity index (χ3n) is 2.51. The minimum atomic E-state index is -0.257. The Labute approximate surface area is 93.9 Å². The van der Waals surface area contributed by atoms with Crippen LogP contribution in [0.3, 0.4) is 0 Å². The van der Waals surface area contributed by atoms with Crippen LogP contribution >= 0.6 is 11.6 Å². The maximum Gasteiger partial charge on any atom is 0.134 e. The van der Waals surface area contributed by atoms with Crippen LogP contribution in [0.15, 0.2) is 6.07 Å². The molecule has 1 aliphatic heterocycles. The minimum absolute atomic E-state index is 0.257. The number of aromatic nitrogens is 2. The Bertz CT molecular complexity index is 338. The lowest BCUT2D eigenvalue weighted by molar-refractivity contribution is 0.154. The van der Waals surface area contributed by atoms with E-state index in [0.29, 0.717) is 17.5 Å². The number of aryl methyl sites for hydroxylation is 1. The van der Waals surface area contributed by atoms with Crippen LogP contribution < -0.4 is 4.90 Å². The molecule has 1 aliphatic rings. The maximum absolute atomic E-state index is 9.56. The maximum atomic E-state index is 9.56. The predicted molar refractivity (Wildman–Crippen MR) is 59.2 cm³/mol. The molecule has 5 heteroatoms. The number of hydrogen-bond acceptors (Lipinski definition) is 4. The standard InChI is InChI=1S/C10H14ClN3O/c1-7-12-9(11)5-10(13-7)14-4-2-3-8(15)6-14/h5,8,15H,2-4,6H2,1H3. The van der Waals surface area contributed by atoms with E-state index in [1.54, 1.807) is 6.07 Å². The third-order valence-corrected chi connectivity index (χ3v) is 2.71. The molecule has 1 saturated heterocycles. The van der Waals surface area contributed by atoms with Crippen LogP contribution in [0, 0.1) is 6.92 Å². The number of halogens is 1. The van der Waals surface area contributed by atoms with E-state index in [9.17, 15) is 5.11 Å². The summed E-state index contributed by atoms with van der Waals surface area (Å²) in [6, 6.07) is 1.74. The van der Waals surface area contributed by atoms with Gasteiger partial charge in [-0.15, -0.1) is 0 Å². The van der Waals surface area contributed by atoms with Crippen molar-refractivity contribution in [1.29, 1.82) is 0 Å². The zero-order valence-electron chi connectivity index (χ0n) is 8.65. The van der Waals surface area contributed by atoms with E-state index in [1.165, 1.54) is 0 Å². The second-order valence-corrected chi connectivity index (χ2v) is 4.23. The Hall–Kier alpha value is -0.870. The van der Waals surface area contributed by atoms with Gasteiger partial charge in [0.15, 0.2) is 0 Å². The van der Waals surface area contributed by atoms with Gasteiger partial charge in [-0.05, 0) is 19.8 Å². The summed E-state index contributed by atoms with van der Waals surface area (Å²) in [6.07, 6.45) is 1.60. The van der Waals surface area contributed by atoms with Gasteiger partial charge in [0, 0.05) is 19.2 Å². The SMILES string of the molecule is Cc1nc(Cl)cc(N2CCCC(O)C2)n1. The van der Waals surface area contributed by atoms with Crippen molar-refractivity contribution in [3.05, 3.63) is 17.0 Å². The van der Waals surface area contributed by atoms with Gasteiger partial charge in [-0.3, -0.25) is 0 Å². The van der Waals surface area contributed by atoms with E-state index in [0.717, 1.165) is 25.2 Å². The zero-order valence-corrected chi connectivity index (χ0v) is 9.41. The molecule has 82 valence electrons. The van der Waals surface area contributed by atoms with Crippen LogP contribution in [0.4, 0.5) is 5.82 Å². The Morgan fingerprint density at radius 3 is 3.00 bits per heavy atom. The summed E-state index contributed by atoms with van der Waals surface area (Å²) in [5.74, 6) is 1.48. The monoisotopic (exact) mass is 227 g/mol. The lowest BCUT2D eigenvalue weighted by Crippen LogP contribution is -2.38. The summed E-state index contributed by atoms with van der Waals surface area (Å²) in [4.78, 5) is 10.4. The van der Waals surface area contributed by atoms with E-state index in [1.807, 2.05) is 6.92 Å². The number of nitrogens with zero attached hydrogens (tertiary/aromatic N) is 3. The number of piperidine rings is 1. The molecule has 0 aromatic carbocycles. The van der Waals surface area contributed by atoms with Gasteiger partial charge >= 0.3 is 0 Å².